The van der Waals surface area contributed by atoms with Crippen LogP contribution in [0, 0.1) is 13.8 Å². The number of aromatic nitrogens is 1. The highest BCUT2D eigenvalue weighted by Gasteiger charge is 2.20. The highest BCUT2D eigenvalue weighted by molar-refractivity contribution is 6.14. The summed E-state index contributed by atoms with van der Waals surface area (Å²) in [4.78, 5) is 23.5. The van der Waals surface area contributed by atoms with Gasteiger partial charge < -0.3 is 19.4 Å². The smallest absolute Gasteiger partial charge is 0.346 e. The lowest BCUT2D eigenvalue weighted by Crippen LogP contribution is -2.17. The standard InChI is InChI=1S/C19H22N2O4/c1-13-10-17(20-11-16(18(22)24-3)19(23)25-4)21(14(13)2)12-15-8-6-5-7-9-15/h5-11,20H,12H2,1-4H3. The number of ether oxygens (including phenoxy) is 2. The van der Waals surface area contributed by atoms with Gasteiger partial charge in [0.2, 0.25) is 0 Å². The zero-order valence-corrected chi connectivity index (χ0v) is 14.8. The first kappa shape index (κ1) is 18.3. The van der Waals surface area contributed by atoms with Crippen molar-refractivity contribution in [1.29, 1.82) is 0 Å². The van der Waals surface area contributed by atoms with E-state index < -0.39 is 11.9 Å². The van der Waals surface area contributed by atoms with E-state index in [4.69, 9.17) is 0 Å². The fraction of sp³-hybridized carbons (Fsp3) is 0.263. The van der Waals surface area contributed by atoms with Crippen molar-refractivity contribution in [3.8, 4) is 0 Å². The van der Waals surface area contributed by atoms with E-state index >= 15 is 0 Å². The summed E-state index contributed by atoms with van der Waals surface area (Å²) in [6.45, 7) is 4.70. The molecule has 2 rings (SSSR count). The van der Waals surface area contributed by atoms with Crippen LogP contribution in [0.2, 0.25) is 0 Å². The number of hydrogen-bond acceptors (Lipinski definition) is 5. The van der Waals surface area contributed by atoms with E-state index in [2.05, 4.69) is 19.4 Å². The summed E-state index contributed by atoms with van der Waals surface area (Å²) in [7, 11) is 2.43. The Morgan fingerprint density at radius 2 is 1.68 bits per heavy atom. The van der Waals surface area contributed by atoms with Gasteiger partial charge in [-0.2, -0.15) is 0 Å². The van der Waals surface area contributed by atoms with Gasteiger partial charge in [-0.3, -0.25) is 0 Å². The predicted octanol–water partition coefficient (Wildman–Crippen LogP) is 2.80. The number of benzene rings is 1. The average Bonchev–Trinajstić information content (AvgIpc) is 2.89. The lowest BCUT2D eigenvalue weighted by atomic mass is 10.2. The number of esters is 2. The van der Waals surface area contributed by atoms with Crippen LogP contribution in [0.1, 0.15) is 16.8 Å². The first-order valence-corrected chi connectivity index (χ1v) is 7.82. The van der Waals surface area contributed by atoms with E-state index in [9.17, 15) is 9.59 Å². The Morgan fingerprint density at radius 1 is 1.08 bits per heavy atom. The molecule has 1 aromatic carbocycles. The van der Waals surface area contributed by atoms with Crippen LogP contribution < -0.4 is 5.32 Å². The average molecular weight is 342 g/mol. The summed E-state index contributed by atoms with van der Waals surface area (Å²) in [6.07, 6.45) is 1.31. The number of hydrogen-bond donors (Lipinski definition) is 1. The fourth-order valence-electron chi connectivity index (χ4n) is 2.44. The number of carbonyl (C=O) groups excluding carboxylic acids is 2. The van der Waals surface area contributed by atoms with Crippen molar-refractivity contribution < 1.29 is 19.1 Å². The fourth-order valence-corrected chi connectivity index (χ4v) is 2.44. The third kappa shape index (κ3) is 4.29. The topological polar surface area (TPSA) is 69.6 Å². The zero-order chi connectivity index (χ0) is 18.4. The molecule has 0 aliphatic carbocycles. The summed E-state index contributed by atoms with van der Waals surface area (Å²) in [6, 6.07) is 12.0. The van der Waals surface area contributed by atoms with Crippen LogP contribution in [0.5, 0.6) is 0 Å². The third-order valence-corrected chi connectivity index (χ3v) is 3.98. The molecule has 25 heavy (non-hydrogen) atoms. The van der Waals surface area contributed by atoms with Crippen molar-refractivity contribution in [2.45, 2.75) is 20.4 Å². The van der Waals surface area contributed by atoms with Crippen molar-refractivity contribution in [2.24, 2.45) is 0 Å². The summed E-state index contributed by atoms with van der Waals surface area (Å²) in [5.74, 6) is -0.743. The number of carbonyl (C=O) groups is 2. The minimum absolute atomic E-state index is 0.201. The first-order chi connectivity index (χ1) is 12.0. The molecule has 1 N–H and O–H groups in total. The predicted molar refractivity (Wildman–Crippen MR) is 95.2 cm³/mol. The summed E-state index contributed by atoms with van der Waals surface area (Å²) < 4.78 is 11.3. The highest BCUT2D eigenvalue weighted by atomic mass is 16.5. The third-order valence-electron chi connectivity index (χ3n) is 3.98. The Labute approximate surface area is 147 Å². The van der Waals surface area contributed by atoms with Gasteiger partial charge in [0, 0.05) is 18.4 Å². The monoisotopic (exact) mass is 342 g/mol. The molecule has 2 aromatic rings. The summed E-state index contributed by atoms with van der Waals surface area (Å²) in [5, 5.41) is 3.02. The Balaban J connectivity index is 2.33. The second-order valence-electron chi connectivity index (χ2n) is 5.56. The largest absolute Gasteiger partial charge is 0.465 e. The van der Waals surface area contributed by atoms with Gasteiger partial charge in [0.25, 0.3) is 0 Å². The molecule has 0 radical (unpaired) electrons. The molecule has 0 saturated carbocycles. The second kappa shape index (κ2) is 8.19. The Bertz CT molecular complexity index is 773. The molecule has 0 bridgehead atoms. The Hall–Kier alpha value is -3.02. The van der Waals surface area contributed by atoms with Crippen LogP contribution in [-0.2, 0) is 25.6 Å². The summed E-state index contributed by atoms with van der Waals surface area (Å²) in [5.41, 5.74) is 3.14. The van der Waals surface area contributed by atoms with Gasteiger partial charge in [-0.15, -0.1) is 0 Å². The number of rotatable bonds is 6. The van der Waals surface area contributed by atoms with Crippen molar-refractivity contribution in [3.63, 3.8) is 0 Å². The number of nitrogens with zero attached hydrogens (tertiary/aromatic N) is 1. The summed E-state index contributed by atoms with van der Waals surface area (Å²) >= 11 is 0. The molecule has 0 aliphatic rings. The van der Waals surface area contributed by atoms with E-state index in [0.717, 1.165) is 22.6 Å². The number of anilines is 1. The quantitative estimate of drug-likeness (QED) is 0.378. The Morgan fingerprint density at radius 3 is 2.24 bits per heavy atom. The molecule has 0 fully saturated rings. The van der Waals surface area contributed by atoms with Crippen LogP contribution >= 0.6 is 0 Å². The lowest BCUT2D eigenvalue weighted by molar-refractivity contribution is -0.144. The van der Waals surface area contributed by atoms with Gasteiger partial charge in [0.15, 0.2) is 5.57 Å². The molecule has 1 aromatic heterocycles. The van der Waals surface area contributed by atoms with Gasteiger partial charge in [-0.1, -0.05) is 30.3 Å². The van der Waals surface area contributed by atoms with E-state index in [0.29, 0.717) is 6.54 Å². The molecular formula is C19H22N2O4. The van der Waals surface area contributed by atoms with E-state index in [1.165, 1.54) is 20.4 Å². The van der Waals surface area contributed by atoms with Gasteiger partial charge in [-0.05, 0) is 31.0 Å². The minimum Gasteiger partial charge on any atom is -0.465 e. The number of methoxy groups -OCH3 is 2. The van der Waals surface area contributed by atoms with E-state index in [1.54, 1.807) is 0 Å². The molecule has 6 heteroatoms. The Kier molecular flexibility index (Phi) is 6.00. The molecule has 0 unspecified atom stereocenters. The van der Waals surface area contributed by atoms with Crippen LogP contribution in [0.3, 0.4) is 0 Å². The molecule has 0 saturated heterocycles. The van der Waals surface area contributed by atoms with Crippen molar-refractivity contribution in [1.82, 2.24) is 4.57 Å². The lowest BCUT2D eigenvalue weighted by Gasteiger charge is -2.12. The maximum atomic E-state index is 11.7. The molecule has 6 nitrogen and oxygen atoms in total. The number of aryl methyl sites for hydroxylation is 1. The zero-order valence-electron chi connectivity index (χ0n) is 14.8. The van der Waals surface area contributed by atoms with Gasteiger partial charge in [-0.25, -0.2) is 9.59 Å². The molecule has 0 atom stereocenters. The SMILES string of the molecule is COC(=O)C(=CNc1cc(C)c(C)n1Cc1ccccc1)C(=O)OC. The molecule has 1 heterocycles. The maximum Gasteiger partial charge on any atom is 0.346 e. The van der Waals surface area contributed by atoms with Gasteiger partial charge in [0.05, 0.1) is 14.2 Å². The van der Waals surface area contributed by atoms with E-state index in [-0.39, 0.29) is 5.57 Å². The molecule has 0 spiro atoms. The van der Waals surface area contributed by atoms with Crippen LogP contribution in [0.25, 0.3) is 0 Å². The van der Waals surface area contributed by atoms with Gasteiger partial charge >= 0.3 is 11.9 Å². The highest BCUT2D eigenvalue weighted by Crippen LogP contribution is 2.21. The maximum absolute atomic E-state index is 11.7. The normalized spacial score (nSPS) is 10.1. The van der Waals surface area contributed by atoms with Crippen LogP contribution in [0.4, 0.5) is 5.82 Å². The van der Waals surface area contributed by atoms with Crippen molar-refractivity contribution >= 4 is 17.8 Å². The number of nitrogens with one attached hydrogen (secondary N) is 1. The van der Waals surface area contributed by atoms with Crippen molar-refractivity contribution in [2.75, 3.05) is 19.5 Å². The second-order valence-corrected chi connectivity index (χ2v) is 5.56. The molecular weight excluding hydrogens is 320 g/mol. The first-order valence-electron chi connectivity index (χ1n) is 7.82. The molecule has 0 aliphatic heterocycles. The van der Waals surface area contributed by atoms with Gasteiger partial charge in [0.1, 0.15) is 5.82 Å². The molecule has 0 amide bonds. The van der Waals surface area contributed by atoms with Crippen LogP contribution in [0.15, 0.2) is 48.2 Å². The van der Waals surface area contributed by atoms with Crippen molar-refractivity contribution in [3.05, 3.63) is 65.0 Å². The van der Waals surface area contributed by atoms with Crippen LogP contribution in [-0.4, -0.2) is 30.7 Å². The molecule has 132 valence electrons. The minimum atomic E-state index is -0.756. The van der Waals surface area contributed by atoms with E-state index in [1.807, 2.05) is 50.2 Å².